The predicted octanol–water partition coefficient (Wildman–Crippen LogP) is 1.23. The maximum atomic E-state index is 11.7. The summed E-state index contributed by atoms with van der Waals surface area (Å²) in [5, 5.41) is 18.1. The molecule has 0 radical (unpaired) electrons. The highest BCUT2D eigenvalue weighted by Gasteiger charge is 2.33. The predicted molar refractivity (Wildman–Crippen MR) is 68.7 cm³/mol. The Hall–Kier alpha value is -1.69. The molecule has 0 bridgehead atoms. The molecule has 1 heterocycles. The molecular formula is C13H19N3O3. The number of rotatable bonds is 5. The minimum absolute atomic E-state index is 0.148. The van der Waals surface area contributed by atoms with Gasteiger partial charge in [0.15, 0.2) is 5.69 Å². The summed E-state index contributed by atoms with van der Waals surface area (Å²) < 4.78 is 6.51. The Labute approximate surface area is 112 Å². The molecule has 0 amide bonds. The number of carbonyl (C=O) groups excluding carboxylic acids is 1. The van der Waals surface area contributed by atoms with Crippen molar-refractivity contribution in [3.8, 4) is 0 Å². The minimum atomic E-state index is -0.721. The van der Waals surface area contributed by atoms with Crippen molar-refractivity contribution >= 4 is 5.97 Å². The van der Waals surface area contributed by atoms with Crippen LogP contribution in [-0.4, -0.2) is 38.3 Å². The zero-order valence-electron chi connectivity index (χ0n) is 11.1. The molecule has 1 aromatic heterocycles. The lowest BCUT2D eigenvalue weighted by atomic mass is 10.0. The lowest BCUT2D eigenvalue weighted by molar-refractivity contribution is 0.0253. The van der Waals surface area contributed by atoms with Crippen LogP contribution in [0, 0.1) is 6.92 Å². The van der Waals surface area contributed by atoms with Crippen LogP contribution in [0.15, 0.2) is 12.7 Å². The van der Waals surface area contributed by atoms with Gasteiger partial charge in [-0.25, -0.2) is 9.48 Å². The zero-order chi connectivity index (χ0) is 13.9. The molecule has 1 saturated carbocycles. The SMILES string of the molecule is C=CCOC(=O)c1nnn(CC2(O)CCCC2)c1C. The second-order valence-corrected chi connectivity index (χ2v) is 5.00. The van der Waals surface area contributed by atoms with Crippen molar-refractivity contribution in [1.82, 2.24) is 15.0 Å². The fourth-order valence-electron chi connectivity index (χ4n) is 2.37. The van der Waals surface area contributed by atoms with E-state index >= 15 is 0 Å². The van der Waals surface area contributed by atoms with Gasteiger partial charge in [0.2, 0.25) is 0 Å². The Bertz CT molecular complexity index is 475. The van der Waals surface area contributed by atoms with Crippen LogP contribution in [0.25, 0.3) is 0 Å². The lowest BCUT2D eigenvalue weighted by Crippen LogP contribution is -2.31. The van der Waals surface area contributed by atoms with Gasteiger partial charge in [-0.3, -0.25) is 0 Å². The van der Waals surface area contributed by atoms with Crippen molar-refractivity contribution < 1.29 is 14.6 Å². The normalized spacial score (nSPS) is 17.4. The number of nitrogens with zero attached hydrogens (tertiary/aromatic N) is 3. The number of ether oxygens (including phenoxy) is 1. The molecule has 0 unspecified atom stereocenters. The van der Waals surface area contributed by atoms with Gasteiger partial charge >= 0.3 is 5.97 Å². The zero-order valence-corrected chi connectivity index (χ0v) is 11.1. The molecule has 6 heteroatoms. The van der Waals surface area contributed by atoms with Gasteiger partial charge in [0, 0.05) is 0 Å². The highest BCUT2D eigenvalue weighted by molar-refractivity contribution is 5.88. The minimum Gasteiger partial charge on any atom is -0.457 e. The van der Waals surface area contributed by atoms with Crippen LogP contribution < -0.4 is 0 Å². The number of carbonyl (C=O) groups is 1. The molecule has 1 N–H and O–H groups in total. The van der Waals surface area contributed by atoms with Gasteiger partial charge in [0.1, 0.15) is 6.61 Å². The van der Waals surface area contributed by atoms with Crippen molar-refractivity contribution in [1.29, 1.82) is 0 Å². The molecule has 0 saturated heterocycles. The van der Waals surface area contributed by atoms with E-state index in [-0.39, 0.29) is 12.3 Å². The summed E-state index contributed by atoms with van der Waals surface area (Å²) >= 11 is 0. The van der Waals surface area contributed by atoms with Crippen molar-refractivity contribution in [3.05, 3.63) is 24.0 Å². The van der Waals surface area contributed by atoms with Crippen LogP contribution in [-0.2, 0) is 11.3 Å². The first-order chi connectivity index (χ1) is 9.06. The van der Waals surface area contributed by atoms with Gasteiger partial charge in [0.05, 0.1) is 17.8 Å². The quantitative estimate of drug-likeness (QED) is 0.640. The van der Waals surface area contributed by atoms with Gasteiger partial charge < -0.3 is 9.84 Å². The van der Waals surface area contributed by atoms with E-state index in [0.29, 0.717) is 12.2 Å². The molecular weight excluding hydrogens is 246 g/mol. The van der Waals surface area contributed by atoms with E-state index in [2.05, 4.69) is 16.9 Å². The first-order valence-corrected chi connectivity index (χ1v) is 6.46. The maximum Gasteiger partial charge on any atom is 0.361 e. The summed E-state index contributed by atoms with van der Waals surface area (Å²) in [4.78, 5) is 11.7. The van der Waals surface area contributed by atoms with E-state index in [4.69, 9.17) is 4.74 Å². The Kier molecular flexibility index (Phi) is 3.99. The largest absolute Gasteiger partial charge is 0.457 e. The maximum absolute atomic E-state index is 11.7. The second kappa shape index (κ2) is 5.52. The fourth-order valence-corrected chi connectivity index (χ4v) is 2.37. The van der Waals surface area contributed by atoms with E-state index in [1.165, 1.54) is 6.08 Å². The van der Waals surface area contributed by atoms with E-state index in [1.54, 1.807) is 11.6 Å². The molecule has 1 aliphatic rings. The summed E-state index contributed by atoms with van der Waals surface area (Å²) in [6, 6.07) is 0. The Morgan fingerprint density at radius 3 is 2.89 bits per heavy atom. The molecule has 0 atom stereocenters. The molecule has 0 spiro atoms. The van der Waals surface area contributed by atoms with Crippen LogP contribution in [0.4, 0.5) is 0 Å². The summed E-state index contributed by atoms with van der Waals surface area (Å²) in [5.74, 6) is -0.512. The molecule has 1 fully saturated rings. The molecule has 6 nitrogen and oxygen atoms in total. The van der Waals surface area contributed by atoms with Crippen molar-refractivity contribution in [2.24, 2.45) is 0 Å². The molecule has 1 aromatic rings. The number of hydrogen-bond acceptors (Lipinski definition) is 5. The fraction of sp³-hybridized carbons (Fsp3) is 0.615. The highest BCUT2D eigenvalue weighted by atomic mass is 16.5. The van der Waals surface area contributed by atoms with E-state index in [9.17, 15) is 9.90 Å². The molecule has 0 aromatic carbocycles. The molecule has 1 aliphatic carbocycles. The summed E-state index contributed by atoms with van der Waals surface area (Å²) in [5.41, 5.74) is 0.0960. The smallest absolute Gasteiger partial charge is 0.361 e. The summed E-state index contributed by atoms with van der Waals surface area (Å²) in [7, 11) is 0. The molecule has 2 rings (SSSR count). The molecule has 0 aliphatic heterocycles. The summed E-state index contributed by atoms with van der Waals surface area (Å²) in [6.45, 7) is 5.76. The van der Waals surface area contributed by atoms with E-state index in [1.807, 2.05) is 0 Å². The second-order valence-electron chi connectivity index (χ2n) is 5.00. The summed E-state index contributed by atoms with van der Waals surface area (Å²) in [6.07, 6.45) is 5.08. The van der Waals surface area contributed by atoms with Gasteiger partial charge in [-0.05, 0) is 19.8 Å². The van der Waals surface area contributed by atoms with Crippen molar-refractivity contribution in [2.45, 2.75) is 44.8 Å². The average molecular weight is 265 g/mol. The number of aliphatic hydroxyl groups is 1. The van der Waals surface area contributed by atoms with Crippen LogP contribution in [0.3, 0.4) is 0 Å². The first kappa shape index (κ1) is 13.7. The Morgan fingerprint density at radius 1 is 1.58 bits per heavy atom. The van der Waals surface area contributed by atoms with Crippen LogP contribution >= 0.6 is 0 Å². The molecule has 104 valence electrons. The Balaban J connectivity index is 2.09. The standard InChI is InChI=1S/C13H19N3O3/c1-3-8-19-12(17)11-10(2)16(15-14-11)9-13(18)6-4-5-7-13/h3,18H,1,4-9H2,2H3. The Morgan fingerprint density at radius 2 is 2.26 bits per heavy atom. The number of esters is 1. The topological polar surface area (TPSA) is 77.2 Å². The van der Waals surface area contributed by atoms with Gasteiger partial charge in [-0.2, -0.15) is 0 Å². The van der Waals surface area contributed by atoms with Crippen LogP contribution in [0.1, 0.15) is 41.9 Å². The average Bonchev–Trinajstić information content (AvgIpc) is 2.95. The van der Waals surface area contributed by atoms with Crippen LogP contribution in [0.2, 0.25) is 0 Å². The van der Waals surface area contributed by atoms with E-state index in [0.717, 1.165) is 25.7 Å². The highest BCUT2D eigenvalue weighted by Crippen LogP contribution is 2.31. The van der Waals surface area contributed by atoms with Gasteiger partial charge in [0.25, 0.3) is 0 Å². The number of hydrogen-bond donors (Lipinski definition) is 1. The first-order valence-electron chi connectivity index (χ1n) is 6.46. The van der Waals surface area contributed by atoms with Crippen LogP contribution in [0.5, 0.6) is 0 Å². The number of aromatic nitrogens is 3. The van der Waals surface area contributed by atoms with Crippen molar-refractivity contribution in [3.63, 3.8) is 0 Å². The molecule has 19 heavy (non-hydrogen) atoms. The third kappa shape index (κ3) is 3.01. The monoisotopic (exact) mass is 265 g/mol. The van der Waals surface area contributed by atoms with Gasteiger partial charge in [-0.15, -0.1) is 5.10 Å². The van der Waals surface area contributed by atoms with E-state index < -0.39 is 11.6 Å². The third-order valence-electron chi connectivity index (χ3n) is 3.49. The van der Waals surface area contributed by atoms with Gasteiger partial charge in [-0.1, -0.05) is 30.7 Å². The van der Waals surface area contributed by atoms with Crippen molar-refractivity contribution in [2.75, 3.05) is 6.61 Å². The lowest BCUT2D eigenvalue weighted by Gasteiger charge is -2.22. The third-order valence-corrected chi connectivity index (χ3v) is 3.49.